The van der Waals surface area contributed by atoms with Gasteiger partial charge >= 0.3 is 6.18 Å². The third kappa shape index (κ3) is 6.37. The van der Waals surface area contributed by atoms with Crippen LogP contribution in [0.5, 0.6) is 5.75 Å². The number of halogens is 5. The molecule has 0 unspecified atom stereocenters. The van der Waals surface area contributed by atoms with Gasteiger partial charge in [-0.05, 0) is 24.3 Å². The minimum atomic E-state index is -4.42. The highest BCUT2D eigenvalue weighted by Crippen LogP contribution is 2.27. The molecule has 0 saturated heterocycles. The number of alkyl halides is 3. The first-order chi connectivity index (χ1) is 14.2. The van der Waals surface area contributed by atoms with Crippen LogP contribution < -0.4 is 10.1 Å². The van der Waals surface area contributed by atoms with E-state index in [1.807, 2.05) is 0 Å². The van der Waals surface area contributed by atoms with Crippen molar-refractivity contribution < 1.29 is 27.4 Å². The van der Waals surface area contributed by atoms with Gasteiger partial charge in [-0.15, -0.1) is 0 Å². The standard InChI is InChI=1S/C17H14Cl2F3N5O3/c18-11-1-2-15(13(19)5-11)30-10-26-4-3-14(25-26)16(28)24-12-6-23-27(7-12)9-29-8-17(20,21)22/h1-7H,8-10H2,(H,24,28). The highest BCUT2D eigenvalue weighted by molar-refractivity contribution is 6.35. The maximum atomic E-state index is 12.3. The number of anilines is 1. The molecule has 0 saturated carbocycles. The molecule has 1 N–H and O–H groups in total. The number of aromatic nitrogens is 4. The van der Waals surface area contributed by atoms with E-state index in [1.54, 1.807) is 12.1 Å². The molecule has 2 heterocycles. The van der Waals surface area contributed by atoms with E-state index in [9.17, 15) is 18.0 Å². The fourth-order valence-corrected chi connectivity index (χ4v) is 2.69. The average molecular weight is 464 g/mol. The molecule has 2 aromatic heterocycles. The number of amides is 1. The predicted octanol–water partition coefficient (Wildman–Crippen LogP) is 4.21. The van der Waals surface area contributed by atoms with E-state index in [4.69, 9.17) is 27.9 Å². The molecule has 0 aliphatic heterocycles. The summed E-state index contributed by atoms with van der Waals surface area (Å²) in [5.74, 6) is -0.128. The summed E-state index contributed by atoms with van der Waals surface area (Å²) in [5, 5.41) is 11.2. The molecule has 1 amide bonds. The van der Waals surface area contributed by atoms with E-state index >= 15 is 0 Å². The van der Waals surface area contributed by atoms with Gasteiger partial charge in [-0.1, -0.05) is 23.2 Å². The second-order valence-electron chi connectivity index (χ2n) is 5.90. The quantitative estimate of drug-likeness (QED) is 0.540. The van der Waals surface area contributed by atoms with Gasteiger partial charge in [-0.2, -0.15) is 23.4 Å². The zero-order chi connectivity index (χ0) is 21.7. The number of rotatable bonds is 8. The number of nitrogens with one attached hydrogen (secondary N) is 1. The van der Waals surface area contributed by atoms with Crippen molar-refractivity contribution in [2.45, 2.75) is 19.6 Å². The third-order valence-electron chi connectivity index (χ3n) is 3.50. The molecule has 3 rings (SSSR count). The Morgan fingerprint density at radius 1 is 1.17 bits per heavy atom. The molecule has 8 nitrogen and oxygen atoms in total. The Morgan fingerprint density at radius 3 is 2.70 bits per heavy atom. The number of benzene rings is 1. The van der Waals surface area contributed by atoms with Crippen LogP contribution in [0.3, 0.4) is 0 Å². The lowest BCUT2D eigenvalue weighted by atomic mass is 10.3. The molecule has 0 radical (unpaired) electrons. The maximum Gasteiger partial charge on any atom is 0.411 e. The van der Waals surface area contributed by atoms with Crippen LogP contribution >= 0.6 is 23.2 Å². The van der Waals surface area contributed by atoms with Crippen LogP contribution in [0.1, 0.15) is 10.5 Å². The summed E-state index contributed by atoms with van der Waals surface area (Å²) in [6.45, 7) is -1.80. The van der Waals surface area contributed by atoms with Crippen molar-refractivity contribution >= 4 is 34.8 Å². The Morgan fingerprint density at radius 2 is 1.97 bits per heavy atom. The monoisotopic (exact) mass is 463 g/mol. The second kappa shape index (κ2) is 9.37. The lowest BCUT2D eigenvalue weighted by molar-refractivity contribution is -0.182. The van der Waals surface area contributed by atoms with Gasteiger partial charge < -0.3 is 14.8 Å². The summed E-state index contributed by atoms with van der Waals surface area (Å²) >= 11 is 11.8. The molecule has 1 aromatic carbocycles. The molecule has 0 atom stereocenters. The molecule has 0 aliphatic carbocycles. The molecular formula is C17H14Cl2F3N5O3. The Bertz CT molecular complexity index is 1020. The highest BCUT2D eigenvalue weighted by atomic mass is 35.5. The number of carbonyl (C=O) groups excluding carboxylic acids is 1. The van der Waals surface area contributed by atoms with E-state index in [2.05, 4.69) is 20.3 Å². The zero-order valence-corrected chi connectivity index (χ0v) is 16.6. The fraction of sp³-hybridized carbons (Fsp3) is 0.235. The van der Waals surface area contributed by atoms with Crippen molar-refractivity contribution in [2.75, 3.05) is 11.9 Å². The van der Waals surface area contributed by atoms with Gasteiger partial charge in [-0.25, -0.2) is 9.36 Å². The largest absolute Gasteiger partial charge is 0.470 e. The first-order valence-electron chi connectivity index (χ1n) is 8.29. The van der Waals surface area contributed by atoms with Crippen molar-refractivity contribution in [2.24, 2.45) is 0 Å². The normalized spacial score (nSPS) is 11.5. The van der Waals surface area contributed by atoms with Crippen molar-refractivity contribution in [3.63, 3.8) is 0 Å². The van der Waals surface area contributed by atoms with Crippen molar-refractivity contribution in [1.29, 1.82) is 0 Å². The predicted molar refractivity (Wildman–Crippen MR) is 102 cm³/mol. The Balaban J connectivity index is 1.51. The average Bonchev–Trinajstić information content (AvgIpc) is 3.29. The van der Waals surface area contributed by atoms with Crippen LogP contribution in [0.15, 0.2) is 42.9 Å². The Labute approximate surface area is 178 Å². The lowest BCUT2D eigenvalue weighted by Crippen LogP contribution is -2.18. The molecule has 0 aliphatic rings. The van der Waals surface area contributed by atoms with Gasteiger partial charge in [0, 0.05) is 11.2 Å². The Hall–Kier alpha value is -2.76. The Kier molecular flexibility index (Phi) is 6.85. The van der Waals surface area contributed by atoms with E-state index in [1.165, 1.54) is 35.4 Å². The minimum absolute atomic E-state index is 0.00308. The number of nitrogens with zero attached hydrogens (tertiary/aromatic N) is 4. The summed E-state index contributed by atoms with van der Waals surface area (Å²) in [7, 11) is 0. The second-order valence-corrected chi connectivity index (χ2v) is 6.75. The van der Waals surface area contributed by atoms with Gasteiger partial charge in [0.25, 0.3) is 5.91 Å². The van der Waals surface area contributed by atoms with Crippen LogP contribution in [-0.2, 0) is 18.2 Å². The molecule has 0 bridgehead atoms. The molecule has 0 spiro atoms. The van der Waals surface area contributed by atoms with Gasteiger partial charge in [0.05, 0.1) is 23.1 Å². The van der Waals surface area contributed by atoms with Crippen molar-refractivity contribution in [3.8, 4) is 5.75 Å². The van der Waals surface area contributed by atoms with Gasteiger partial charge in [0.1, 0.15) is 19.1 Å². The zero-order valence-electron chi connectivity index (χ0n) is 15.1. The summed E-state index contributed by atoms with van der Waals surface area (Å²) in [4.78, 5) is 12.3. The molecule has 3 aromatic rings. The summed E-state index contributed by atoms with van der Waals surface area (Å²) in [6.07, 6.45) is -0.285. The SMILES string of the molecule is O=C(Nc1cnn(COCC(F)(F)F)c1)c1ccn(COc2ccc(Cl)cc2Cl)n1. The van der Waals surface area contributed by atoms with Crippen LogP contribution in [0.4, 0.5) is 18.9 Å². The van der Waals surface area contributed by atoms with Gasteiger partial charge in [0.15, 0.2) is 12.4 Å². The van der Waals surface area contributed by atoms with E-state index in [0.29, 0.717) is 15.8 Å². The first-order valence-corrected chi connectivity index (χ1v) is 9.05. The summed E-state index contributed by atoms with van der Waals surface area (Å²) < 4.78 is 48.7. The van der Waals surface area contributed by atoms with Crippen molar-refractivity contribution in [1.82, 2.24) is 19.6 Å². The number of ether oxygens (including phenoxy) is 2. The molecular weight excluding hydrogens is 450 g/mol. The van der Waals surface area contributed by atoms with E-state index < -0.39 is 25.4 Å². The van der Waals surface area contributed by atoms with E-state index in [0.717, 1.165) is 4.68 Å². The summed E-state index contributed by atoms with van der Waals surface area (Å²) in [6, 6.07) is 6.24. The third-order valence-corrected chi connectivity index (χ3v) is 4.03. The minimum Gasteiger partial charge on any atom is -0.470 e. The smallest absolute Gasteiger partial charge is 0.411 e. The van der Waals surface area contributed by atoms with E-state index in [-0.39, 0.29) is 18.1 Å². The van der Waals surface area contributed by atoms with Crippen LogP contribution in [-0.4, -0.2) is 38.3 Å². The highest BCUT2D eigenvalue weighted by Gasteiger charge is 2.27. The topological polar surface area (TPSA) is 83.2 Å². The lowest BCUT2D eigenvalue weighted by Gasteiger charge is -2.08. The summed E-state index contributed by atoms with van der Waals surface area (Å²) in [5.41, 5.74) is 0.372. The van der Waals surface area contributed by atoms with Crippen LogP contribution in [0.2, 0.25) is 10.0 Å². The number of carbonyl (C=O) groups is 1. The molecule has 160 valence electrons. The van der Waals surface area contributed by atoms with Gasteiger partial charge in [-0.3, -0.25) is 4.79 Å². The molecule has 13 heteroatoms. The fourth-order valence-electron chi connectivity index (χ4n) is 2.23. The number of hydrogen-bond acceptors (Lipinski definition) is 5. The van der Waals surface area contributed by atoms with Crippen molar-refractivity contribution in [3.05, 3.63) is 58.6 Å². The van der Waals surface area contributed by atoms with Crippen LogP contribution in [0, 0.1) is 0 Å². The molecule has 0 fully saturated rings. The molecule has 30 heavy (non-hydrogen) atoms. The number of hydrogen-bond donors (Lipinski definition) is 1. The van der Waals surface area contributed by atoms with Gasteiger partial charge in [0.2, 0.25) is 0 Å². The maximum absolute atomic E-state index is 12.3. The first kappa shape index (κ1) is 21.9. The van der Waals surface area contributed by atoms with Crippen LogP contribution in [0.25, 0.3) is 0 Å².